The summed E-state index contributed by atoms with van der Waals surface area (Å²) in [4.78, 5) is 40.0. The van der Waals surface area contributed by atoms with Crippen LogP contribution in [-0.4, -0.2) is 73.9 Å². The molecule has 0 bridgehead atoms. The van der Waals surface area contributed by atoms with Gasteiger partial charge in [-0.3, -0.25) is 14.4 Å². The van der Waals surface area contributed by atoms with Crippen LogP contribution in [0.1, 0.15) is 11.1 Å². The molecule has 0 saturated heterocycles. The van der Waals surface area contributed by atoms with E-state index < -0.39 is 5.97 Å². The number of ether oxygens (including phenoxy) is 1. The first kappa shape index (κ1) is 20.3. The summed E-state index contributed by atoms with van der Waals surface area (Å²) in [7, 11) is 4.77. The SMILES string of the molecule is Cc1ccc(CCOC(=O)CN2CNC(N(C)C=O)=C2C(=O)N(C)C)cc1. The average molecular weight is 374 g/mol. The first-order valence-corrected chi connectivity index (χ1v) is 8.67. The highest BCUT2D eigenvalue weighted by molar-refractivity contribution is 5.94. The van der Waals surface area contributed by atoms with Crippen molar-refractivity contribution in [1.82, 2.24) is 20.0 Å². The minimum absolute atomic E-state index is 0.0774. The number of esters is 1. The van der Waals surface area contributed by atoms with Gasteiger partial charge in [0.15, 0.2) is 0 Å². The van der Waals surface area contributed by atoms with Gasteiger partial charge in [0, 0.05) is 27.6 Å². The summed E-state index contributed by atoms with van der Waals surface area (Å²) >= 11 is 0. The van der Waals surface area contributed by atoms with E-state index in [1.54, 1.807) is 26.0 Å². The Labute approximate surface area is 159 Å². The van der Waals surface area contributed by atoms with Crippen molar-refractivity contribution in [3.63, 3.8) is 0 Å². The molecular weight excluding hydrogens is 348 g/mol. The van der Waals surface area contributed by atoms with Gasteiger partial charge in [0.25, 0.3) is 5.91 Å². The summed E-state index contributed by atoms with van der Waals surface area (Å²) in [6.45, 7) is 2.46. The van der Waals surface area contributed by atoms with Crippen LogP contribution >= 0.6 is 0 Å². The maximum atomic E-state index is 12.5. The predicted octanol–water partition coefficient (Wildman–Crippen LogP) is 0.289. The first-order chi connectivity index (χ1) is 12.8. The van der Waals surface area contributed by atoms with Gasteiger partial charge in [0.05, 0.1) is 13.3 Å². The molecule has 8 heteroatoms. The molecule has 1 aromatic rings. The highest BCUT2D eigenvalue weighted by Crippen LogP contribution is 2.18. The van der Waals surface area contributed by atoms with Crippen LogP contribution in [-0.2, 0) is 25.5 Å². The molecule has 0 spiro atoms. The van der Waals surface area contributed by atoms with Crippen LogP contribution in [0.4, 0.5) is 0 Å². The zero-order valence-electron chi connectivity index (χ0n) is 16.2. The lowest BCUT2D eigenvalue weighted by molar-refractivity contribution is -0.144. The highest BCUT2D eigenvalue weighted by atomic mass is 16.5. The largest absolute Gasteiger partial charge is 0.464 e. The van der Waals surface area contributed by atoms with Gasteiger partial charge >= 0.3 is 5.97 Å². The fraction of sp³-hybridized carbons (Fsp3) is 0.421. The molecule has 0 atom stereocenters. The lowest BCUT2D eigenvalue weighted by Gasteiger charge is -2.22. The van der Waals surface area contributed by atoms with Crippen LogP contribution in [0.25, 0.3) is 0 Å². The fourth-order valence-electron chi connectivity index (χ4n) is 2.65. The van der Waals surface area contributed by atoms with Crippen molar-refractivity contribution >= 4 is 18.3 Å². The second kappa shape index (κ2) is 9.07. The number of nitrogens with one attached hydrogen (secondary N) is 1. The number of likely N-dealkylation sites (N-methyl/N-ethyl adjacent to an activating group) is 1. The van der Waals surface area contributed by atoms with Gasteiger partial charge in [-0.05, 0) is 12.5 Å². The molecule has 0 saturated carbocycles. The lowest BCUT2D eigenvalue weighted by Crippen LogP contribution is -2.37. The smallest absolute Gasteiger partial charge is 0.325 e. The molecule has 0 radical (unpaired) electrons. The van der Waals surface area contributed by atoms with Crippen molar-refractivity contribution in [2.75, 3.05) is 41.0 Å². The number of rotatable bonds is 8. The van der Waals surface area contributed by atoms with Crippen LogP contribution in [0.3, 0.4) is 0 Å². The highest BCUT2D eigenvalue weighted by Gasteiger charge is 2.32. The number of aryl methyl sites for hydroxylation is 1. The van der Waals surface area contributed by atoms with Gasteiger partial charge in [-0.15, -0.1) is 0 Å². The molecular formula is C19H26N4O4. The minimum atomic E-state index is -0.428. The van der Waals surface area contributed by atoms with E-state index >= 15 is 0 Å². The van der Waals surface area contributed by atoms with E-state index in [9.17, 15) is 14.4 Å². The Hall–Kier alpha value is -3.03. The van der Waals surface area contributed by atoms with Crippen LogP contribution in [0.5, 0.6) is 0 Å². The second-order valence-corrected chi connectivity index (χ2v) is 6.60. The summed E-state index contributed by atoms with van der Waals surface area (Å²) < 4.78 is 5.31. The number of hydrogen-bond donors (Lipinski definition) is 1. The van der Waals surface area contributed by atoms with Gasteiger partial charge < -0.3 is 24.8 Å². The second-order valence-electron chi connectivity index (χ2n) is 6.60. The maximum Gasteiger partial charge on any atom is 0.325 e. The van der Waals surface area contributed by atoms with Crippen molar-refractivity contribution in [2.24, 2.45) is 0 Å². The molecule has 27 heavy (non-hydrogen) atoms. The fourth-order valence-corrected chi connectivity index (χ4v) is 2.65. The minimum Gasteiger partial charge on any atom is -0.464 e. The maximum absolute atomic E-state index is 12.5. The van der Waals surface area contributed by atoms with E-state index in [-0.39, 0.29) is 31.4 Å². The first-order valence-electron chi connectivity index (χ1n) is 8.67. The molecule has 2 amide bonds. The molecule has 0 aromatic heterocycles. The third-order valence-electron chi connectivity index (χ3n) is 4.19. The van der Waals surface area contributed by atoms with Gasteiger partial charge in [-0.2, -0.15) is 0 Å². The van der Waals surface area contributed by atoms with Gasteiger partial charge in [0.1, 0.15) is 18.1 Å². The Bertz CT molecular complexity index is 728. The Morgan fingerprint density at radius 1 is 1.22 bits per heavy atom. The van der Waals surface area contributed by atoms with Crippen LogP contribution < -0.4 is 5.32 Å². The van der Waals surface area contributed by atoms with Crippen molar-refractivity contribution in [3.8, 4) is 0 Å². The van der Waals surface area contributed by atoms with E-state index in [0.29, 0.717) is 18.7 Å². The number of amides is 2. The molecule has 0 aliphatic carbocycles. The summed E-state index contributed by atoms with van der Waals surface area (Å²) in [6.07, 6.45) is 1.23. The molecule has 1 aromatic carbocycles. The zero-order chi connectivity index (χ0) is 20.0. The van der Waals surface area contributed by atoms with E-state index in [0.717, 1.165) is 5.56 Å². The van der Waals surface area contributed by atoms with Gasteiger partial charge in [-0.25, -0.2) is 0 Å². The quantitative estimate of drug-likeness (QED) is 0.520. The molecule has 0 unspecified atom stereocenters. The Morgan fingerprint density at radius 2 is 1.89 bits per heavy atom. The van der Waals surface area contributed by atoms with E-state index in [4.69, 9.17) is 4.74 Å². The number of nitrogens with zero attached hydrogens (tertiary/aromatic N) is 3. The molecule has 1 N–H and O–H groups in total. The standard InChI is InChI=1S/C19H26N4O4/c1-14-5-7-15(8-6-14)9-10-27-16(25)11-23-12-20-18(22(4)13-24)17(23)19(26)21(2)3/h5-8,13,20H,9-12H2,1-4H3. The molecule has 0 fully saturated rings. The van der Waals surface area contributed by atoms with Crippen LogP contribution in [0.2, 0.25) is 0 Å². The summed E-state index contributed by atoms with van der Waals surface area (Å²) in [5.74, 6) is -0.352. The van der Waals surface area contributed by atoms with Crippen molar-refractivity contribution < 1.29 is 19.1 Å². The molecule has 1 aliphatic rings. The Kier molecular flexibility index (Phi) is 6.81. The molecule has 146 valence electrons. The van der Waals surface area contributed by atoms with E-state index in [1.807, 2.05) is 31.2 Å². The predicted molar refractivity (Wildman–Crippen MR) is 100 cm³/mol. The lowest BCUT2D eigenvalue weighted by atomic mass is 10.1. The third kappa shape index (κ3) is 5.22. The summed E-state index contributed by atoms with van der Waals surface area (Å²) in [5, 5.41) is 2.98. The van der Waals surface area contributed by atoms with Gasteiger partial charge in [0.2, 0.25) is 6.41 Å². The monoisotopic (exact) mass is 374 g/mol. The molecule has 2 rings (SSSR count). The van der Waals surface area contributed by atoms with E-state index in [1.165, 1.54) is 15.4 Å². The molecule has 1 heterocycles. The number of benzene rings is 1. The Balaban J connectivity index is 1.96. The molecule has 1 aliphatic heterocycles. The van der Waals surface area contributed by atoms with Crippen LogP contribution in [0, 0.1) is 6.92 Å². The van der Waals surface area contributed by atoms with E-state index in [2.05, 4.69) is 5.32 Å². The van der Waals surface area contributed by atoms with Gasteiger partial charge in [-0.1, -0.05) is 29.8 Å². The summed E-state index contributed by atoms with van der Waals surface area (Å²) in [5.41, 5.74) is 2.54. The van der Waals surface area contributed by atoms with Crippen molar-refractivity contribution in [2.45, 2.75) is 13.3 Å². The average Bonchev–Trinajstić information content (AvgIpc) is 3.05. The summed E-state index contributed by atoms with van der Waals surface area (Å²) in [6, 6.07) is 8.04. The normalized spacial score (nSPS) is 13.3. The topological polar surface area (TPSA) is 82.2 Å². The Morgan fingerprint density at radius 3 is 2.48 bits per heavy atom. The zero-order valence-corrected chi connectivity index (χ0v) is 16.2. The van der Waals surface area contributed by atoms with Crippen LogP contribution in [0.15, 0.2) is 35.8 Å². The number of hydrogen-bond acceptors (Lipinski definition) is 6. The number of carbonyl (C=O) groups excluding carboxylic acids is 3. The number of carbonyl (C=O) groups is 3. The third-order valence-corrected chi connectivity index (χ3v) is 4.19. The molecule has 8 nitrogen and oxygen atoms in total. The van der Waals surface area contributed by atoms with Crippen molar-refractivity contribution in [1.29, 1.82) is 0 Å². The van der Waals surface area contributed by atoms with Crippen molar-refractivity contribution in [3.05, 3.63) is 46.9 Å².